The summed E-state index contributed by atoms with van der Waals surface area (Å²) in [4.78, 5) is 241. The molecule has 2 fully saturated rings. The Bertz CT molecular complexity index is 4430. The molecule has 22 N–H and O–H groups in total. The SMILES string of the molecule is CCC[C@@H]1O[C@H]1C(=O)N[C@@H](CO)C(=O)NC1C(=O)NC(Cc2c[nH]c3ccccc23)C(=O)N[C@@H](CC(=O)O)C(=O)NC(CC(=O)O)C(=O)N[C@H](Cc2ccc(O)cc2)C(=O)N[C@@H](CC(=O)O)C(=O)NCC(=O)N[C@@H]([C@H](O)C(N)=O)C(=O)NC([C@@H](CC(=O)O)C(F)(F)F)C(=O)N/C(=C/c2c[nH]c3ccccc23)C(=O)O[C@@H]1C. The number of carboxylic acid groups (broad SMARTS) is 4. The zero-order chi connectivity index (χ0) is 81.9. The number of aromatic hydroxyl groups is 1. The van der Waals surface area contributed by atoms with Gasteiger partial charge in [-0.1, -0.05) is 61.9 Å². The van der Waals surface area contributed by atoms with Gasteiger partial charge in [0.15, 0.2) is 12.2 Å². The largest absolute Gasteiger partial charge is 0.508 e. The maximum atomic E-state index is 15.4. The smallest absolute Gasteiger partial charge is 0.394 e. The van der Waals surface area contributed by atoms with Crippen LogP contribution in [0.15, 0.2) is 90.9 Å². The van der Waals surface area contributed by atoms with Crippen molar-refractivity contribution >= 4 is 129 Å². The molecule has 0 spiro atoms. The van der Waals surface area contributed by atoms with Gasteiger partial charge in [-0.3, -0.25) is 76.7 Å². The summed E-state index contributed by atoms with van der Waals surface area (Å²) in [5, 5.41) is 93.8. The number of carboxylic acids is 4. The Labute approximate surface area is 623 Å². The molecule has 2 aliphatic rings. The first kappa shape index (κ1) is 85.2. The molecule has 40 nitrogen and oxygen atoms in total. The number of epoxide rings is 1. The average Bonchev–Trinajstić information content (AvgIpc) is 1.69. The van der Waals surface area contributed by atoms with Crippen LogP contribution >= 0.6 is 0 Å². The normalized spacial score (nSPS) is 23.8. The van der Waals surface area contributed by atoms with Gasteiger partial charge in [0.05, 0.1) is 50.9 Å². The van der Waals surface area contributed by atoms with Crippen molar-refractivity contribution in [3.63, 3.8) is 0 Å². The Hall–Kier alpha value is -13.1. The van der Waals surface area contributed by atoms with Crippen molar-refractivity contribution in [2.75, 3.05) is 13.2 Å². The van der Waals surface area contributed by atoms with Gasteiger partial charge < -0.3 is 119 Å². The van der Waals surface area contributed by atoms with E-state index in [1.807, 2.05) is 21.3 Å². The molecule has 12 amide bonds. The van der Waals surface area contributed by atoms with E-state index in [-0.39, 0.29) is 33.3 Å². The molecule has 0 aliphatic carbocycles. The molecule has 4 unspecified atom stereocenters. The number of nitrogens with one attached hydrogen (secondary N) is 13. The van der Waals surface area contributed by atoms with Crippen molar-refractivity contribution in [3.8, 4) is 5.75 Å². The molecule has 5 aromatic rings. The van der Waals surface area contributed by atoms with E-state index >= 15 is 27.6 Å². The summed E-state index contributed by atoms with van der Waals surface area (Å²) >= 11 is 0. The number of H-pyrrole nitrogens is 2. The highest BCUT2D eigenvalue weighted by Crippen LogP contribution is 2.33. The number of hydrogen-bond donors (Lipinski definition) is 21. The highest BCUT2D eigenvalue weighted by atomic mass is 19.4. The molecule has 43 heteroatoms. The van der Waals surface area contributed by atoms with Crippen LogP contribution in [-0.2, 0) is 104 Å². The fourth-order valence-corrected chi connectivity index (χ4v) is 11.5. The summed E-state index contributed by atoms with van der Waals surface area (Å²) in [6, 6.07) is -5.61. The zero-order valence-electron chi connectivity index (χ0n) is 58.4. The van der Waals surface area contributed by atoms with Crippen molar-refractivity contribution in [2.24, 2.45) is 11.7 Å². The first-order chi connectivity index (χ1) is 52.3. The second-order valence-corrected chi connectivity index (χ2v) is 25.4. The van der Waals surface area contributed by atoms with Crippen LogP contribution in [0.2, 0.25) is 0 Å². The number of benzene rings is 3. The number of nitrogens with two attached hydrogens (primary N) is 1. The number of aliphatic hydroxyl groups is 2. The molecular weight excluding hydrogens is 1490 g/mol. The quantitative estimate of drug-likeness (QED) is 0.0166. The average molecular weight is 1560 g/mol. The molecule has 4 heterocycles. The van der Waals surface area contributed by atoms with Crippen molar-refractivity contribution in [3.05, 3.63) is 108 Å². The van der Waals surface area contributed by atoms with Crippen LogP contribution in [0.3, 0.4) is 0 Å². The lowest BCUT2D eigenvalue weighted by atomic mass is 9.93. The van der Waals surface area contributed by atoms with Crippen molar-refractivity contribution in [1.29, 1.82) is 0 Å². The van der Waals surface area contributed by atoms with Crippen LogP contribution in [0.4, 0.5) is 13.2 Å². The number of carbonyl (C=O) groups is 17. The van der Waals surface area contributed by atoms with Gasteiger partial charge >= 0.3 is 36.0 Å². The minimum Gasteiger partial charge on any atom is -0.508 e. The molecule has 111 heavy (non-hydrogen) atoms. The molecule has 2 saturated heterocycles. The lowest BCUT2D eigenvalue weighted by molar-refractivity contribution is -0.192. The summed E-state index contributed by atoms with van der Waals surface area (Å²) in [6.07, 6.45) is -16.6. The number of cyclic esters (lactones) is 1. The first-order valence-corrected chi connectivity index (χ1v) is 33.7. The highest BCUT2D eigenvalue weighted by molar-refractivity contribution is 6.05. The fourth-order valence-electron chi connectivity index (χ4n) is 11.5. The van der Waals surface area contributed by atoms with Gasteiger partial charge in [-0.25, -0.2) is 4.79 Å². The highest BCUT2D eigenvalue weighted by Gasteiger charge is 2.51. The van der Waals surface area contributed by atoms with Crippen LogP contribution in [0.5, 0.6) is 5.75 Å². The van der Waals surface area contributed by atoms with E-state index in [4.69, 9.17) is 15.2 Å². The number of para-hydroxylation sites is 2. The number of phenolic OH excluding ortho intramolecular Hbond substituents is 1. The van der Waals surface area contributed by atoms with Gasteiger partial charge in [-0.05, 0) is 54.8 Å². The van der Waals surface area contributed by atoms with E-state index in [9.17, 15) is 103 Å². The summed E-state index contributed by atoms with van der Waals surface area (Å²) in [6.45, 7) is -0.143. The van der Waals surface area contributed by atoms with Crippen LogP contribution in [-0.4, -0.2) is 245 Å². The first-order valence-electron chi connectivity index (χ1n) is 33.7. The number of primary amides is 1. The minimum atomic E-state index is -5.90. The van der Waals surface area contributed by atoms with Crippen LogP contribution in [0.25, 0.3) is 27.9 Å². The van der Waals surface area contributed by atoms with E-state index in [2.05, 4.69) is 36.6 Å². The van der Waals surface area contributed by atoms with Gasteiger partial charge in [-0.2, -0.15) is 13.2 Å². The lowest BCUT2D eigenvalue weighted by Crippen LogP contribution is -2.63. The molecular formula is C68H77F3N14O26. The monoisotopic (exact) mass is 1560 g/mol. The minimum absolute atomic E-state index is 0.0450. The second kappa shape index (κ2) is 38.1. The Balaban J connectivity index is 1.41. The topological polar surface area (TPSA) is 643 Å². The van der Waals surface area contributed by atoms with Gasteiger partial charge in [0.2, 0.25) is 65.0 Å². The maximum Gasteiger partial charge on any atom is 0.394 e. The molecule has 3 aromatic carbocycles. The number of rotatable bonds is 23. The Morgan fingerprint density at radius 3 is 1.70 bits per heavy atom. The van der Waals surface area contributed by atoms with Crippen LogP contribution in [0, 0.1) is 5.92 Å². The molecule has 14 atom stereocenters. The van der Waals surface area contributed by atoms with E-state index in [0.29, 0.717) is 23.7 Å². The zero-order valence-corrected chi connectivity index (χ0v) is 58.4. The predicted molar refractivity (Wildman–Crippen MR) is 369 cm³/mol. The summed E-state index contributed by atoms with van der Waals surface area (Å²) in [5.74, 6) is -33.8. The number of phenols is 1. The van der Waals surface area contributed by atoms with Gasteiger partial charge in [-0.15, -0.1) is 0 Å². The van der Waals surface area contributed by atoms with Crippen LogP contribution in [0.1, 0.15) is 69.1 Å². The van der Waals surface area contributed by atoms with E-state index < -0.39 is 249 Å². The fraction of sp³-hybridized carbons (Fsp3) is 0.397. The third-order valence-corrected chi connectivity index (χ3v) is 17.2. The standard InChI is InChI=1S/C68H77F3N14O26/c1-3-8-45-55(111-45)66(108)82-44(27-86)62(104)84-51-28(2)110-67(109)43(19-31-25-74-37-12-7-5-10-34(31)37)81-64(106)52(35(20-47(89)90)68(69,70)71)85-65(107)53(54(97)56(72)98)83-46(88)26-75-57(99)40(21-48(91)92)77-58(100)38(17-29-13-15-32(87)16-14-29)76-60(102)41(22-49(93)94)79-61(103)42(23-50(95)96)78-59(101)39(80-63(51)105)18-30-24-73-36-11-6-4-9-33(30)36/h4-7,9-16,19,24-25,28,35,38-42,44-45,51-55,73-74,86-87,97H,3,8,17-18,20-23,26-27H2,1-2H3,(H2,72,98)(H,75,99)(H,76,102)(H,77,100)(H,78,101)(H,79,103)(H,80,105)(H,81,106)(H,82,108)(H,83,88)(H,84,104)(H,85,107)(H,89,90)(H,91,92)(H,93,94)(H,95,96)/b43-19+/t28-,35-,38-,39?,40+,41?,42+,44+,45+,51?,52?,53+,54+,55-/m1/s1. The number of alkyl halides is 3. The molecule has 2 aromatic heterocycles. The third kappa shape index (κ3) is 24.0. The molecule has 7 rings (SSSR count). The third-order valence-electron chi connectivity index (χ3n) is 17.2. The van der Waals surface area contributed by atoms with Crippen molar-refractivity contribution < 1.29 is 140 Å². The molecule has 0 bridgehead atoms. The van der Waals surface area contributed by atoms with Crippen LogP contribution < -0.4 is 64.2 Å². The number of aliphatic carboxylic acids is 4. The second-order valence-electron chi connectivity index (χ2n) is 25.4. The number of esters is 1. The molecule has 0 radical (unpaired) electrons. The summed E-state index contributed by atoms with van der Waals surface area (Å²) in [5.41, 5.74) is 4.72. The Kier molecular flexibility index (Phi) is 29.3. The molecule has 0 saturated carbocycles. The number of carbonyl (C=O) groups excluding carboxylic acids is 13. The maximum absolute atomic E-state index is 15.4. The van der Waals surface area contributed by atoms with Gasteiger partial charge in [0.1, 0.15) is 71.9 Å². The number of aliphatic hydroxyl groups excluding tert-OH is 2. The number of amides is 12. The summed E-state index contributed by atoms with van der Waals surface area (Å²) in [7, 11) is 0. The number of fused-ring (bicyclic) bond motifs is 2. The molecule has 2 aliphatic heterocycles. The number of halogens is 3. The number of hydrogen-bond acceptors (Lipinski definition) is 22. The predicted octanol–water partition coefficient (Wildman–Crippen LogP) is -4.79. The van der Waals surface area contributed by atoms with Gasteiger partial charge in [0.25, 0.3) is 5.91 Å². The van der Waals surface area contributed by atoms with E-state index in [0.717, 1.165) is 31.3 Å². The number of aromatic amines is 2. The Morgan fingerprint density at radius 1 is 0.631 bits per heavy atom. The van der Waals surface area contributed by atoms with E-state index in [1.165, 1.54) is 60.0 Å². The number of aromatic nitrogens is 2. The van der Waals surface area contributed by atoms with Crippen molar-refractivity contribution in [2.45, 2.75) is 150 Å². The number of ether oxygens (including phenoxy) is 2. The Morgan fingerprint density at radius 2 is 1.15 bits per heavy atom. The summed E-state index contributed by atoms with van der Waals surface area (Å²) < 4.78 is 57.3. The van der Waals surface area contributed by atoms with Gasteiger partial charge in [0, 0.05) is 52.6 Å². The lowest BCUT2D eigenvalue weighted by Gasteiger charge is -2.31. The van der Waals surface area contributed by atoms with Crippen molar-refractivity contribution in [1.82, 2.24) is 68.5 Å². The van der Waals surface area contributed by atoms with E-state index in [1.54, 1.807) is 24.4 Å². The molecule has 596 valence electrons.